The van der Waals surface area contributed by atoms with Crippen LogP contribution in [0.3, 0.4) is 0 Å². The number of hydrogen-bond donors (Lipinski definition) is 6. The minimum atomic E-state index is -0.942. The molecule has 0 radical (unpaired) electrons. The molecule has 52 heavy (non-hydrogen) atoms. The van der Waals surface area contributed by atoms with Crippen LogP contribution in [0.15, 0.2) is 24.3 Å². The summed E-state index contributed by atoms with van der Waals surface area (Å²) in [5, 5.41) is 45.6. The van der Waals surface area contributed by atoms with Gasteiger partial charge >= 0.3 is 12.2 Å². The molecule has 0 spiro atoms. The SMILES string of the molecule is CC1CCCCC(CCCC(Br)Br)c2c(O)cc(cc2O)C(OC(N)=O)C(C)CCCCC(CCCC(Br)Br)c2c(O)cc(cc2O)C1OC(N)=O. The van der Waals surface area contributed by atoms with Gasteiger partial charge in [-0.05, 0) is 99.3 Å². The molecular formula is C38H54Br4N2O8. The summed E-state index contributed by atoms with van der Waals surface area (Å²) >= 11 is 14.1. The maximum absolute atomic E-state index is 12.0. The molecule has 6 atom stereocenters. The Morgan fingerprint density at radius 2 is 0.942 bits per heavy atom. The lowest BCUT2D eigenvalue weighted by atomic mass is 9.83. The summed E-state index contributed by atoms with van der Waals surface area (Å²) in [4.78, 5) is 24.1. The van der Waals surface area contributed by atoms with Crippen LogP contribution in [0.1, 0.15) is 150 Å². The molecule has 0 heterocycles. The number of primary amides is 2. The highest BCUT2D eigenvalue weighted by Crippen LogP contribution is 2.46. The third-order valence-electron chi connectivity index (χ3n) is 10.2. The van der Waals surface area contributed by atoms with Crippen LogP contribution < -0.4 is 11.5 Å². The van der Waals surface area contributed by atoms with Crippen LogP contribution in [-0.2, 0) is 9.47 Å². The Bertz CT molecular complexity index is 1310. The highest BCUT2D eigenvalue weighted by molar-refractivity contribution is 9.25. The summed E-state index contributed by atoms with van der Waals surface area (Å²) in [6, 6.07) is 6.32. The van der Waals surface area contributed by atoms with Gasteiger partial charge in [0.2, 0.25) is 0 Å². The van der Waals surface area contributed by atoms with Crippen LogP contribution in [0, 0.1) is 11.8 Å². The van der Waals surface area contributed by atoms with Crippen molar-refractivity contribution in [1.82, 2.24) is 0 Å². The van der Waals surface area contributed by atoms with Crippen molar-refractivity contribution in [3.63, 3.8) is 0 Å². The lowest BCUT2D eigenvalue weighted by Crippen LogP contribution is -2.22. The van der Waals surface area contributed by atoms with Gasteiger partial charge in [0, 0.05) is 22.3 Å². The summed E-state index contributed by atoms with van der Waals surface area (Å²) in [5.41, 5.74) is 12.9. The number of phenols is 4. The average Bonchev–Trinajstić information content (AvgIpc) is 3.03. The summed E-state index contributed by atoms with van der Waals surface area (Å²) in [5.74, 6) is -0.922. The van der Waals surface area contributed by atoms with E-state index in [1.807, 2.05) is 13.8 Å². The number of carbonyl (C=O) groups excluding carboxylic acids is 2. The second-order valence-electron chi connectivity index (χ2n) is 14.2. The molecule has 8 N–H and O–H groups in total. The van der Waals surface area contributed by atoms with Gasteiger partial charge in [0.1, 0.15) is 35.2 Å². The Morgan fingerprint density at radius 3 is 1.23 bits per heavy atom. The van der Waals surface area contributed by atoms with Crippen LogP contribution in [-0.4, -0.2) is 40.1 Å². The first-order valence-corrected chi connectivity index (χ1v) is 21.8. The molecule has 0 saturated carbocycles. The zero-order chi connectivity index (χ0) is 38.5. The molecule has 2 aromatic carbocycles. The lowest BCUT2D eigenvalue weighted by Gasteiger charge is -2.28. The molecule has 4 aliphatic rings. The van der Waals surface area contributed by atoms with Crippen LogP contribution in [0.25, 0.3) is 0 Å². The van der Waals surface area contributed by atoms with Crippen LogP contribution in [0.5, 0.6) is 23.0 Å². The van der Waals surface area contributed by atoms with Crippen molar-refractivity contribution < 1.29 is 39.5 Å². The molecule has 4 aliphatic carbocycles. The van der Waals surface area contributed by atoms with Crippen molar-refractivity contribution in [2.24, 2.45) is 23.3 Å². The maximum Gasteiger partial charge on any atom is 0.405 e. The third kappa shape index (κ3) is 13.7. The largest absolute Gasteiger partial charge is 0.508 e. The number of alkyl halides is 4. The predicted molar refractivity (Wildman–Crippen MR) is 218 cm³/mol. The average molecular weight is 986 g/mol. The first-order chi connectivity index (χ1) is 24.6. The number of aromatic hydroxyl groups is 4. The summed E-state index contributed by atoms with van der Waals surface area (Å²) in [6.07, 6.45) is 6.92. The number of benzene rings is 2. The van der Waals surface area contributed by atoms with Gasteiger partial charge < -0.3 is 41.4 Å². The van der Waals surface area contributed by atoms with Crippen molar-refractivity contribution in [3.05, 3.63) is 46.5 Å². The fourth-order valence-electron chi connectivity index (χ4n) is 7.65. The van der Waals surface area contributed by atoms with E-state index >= 15 is 0 Å². The molecule has 2 amide bonds. The monoisotopic (exact) mass is 982 g/mol. The zero-order valence-electron chi connectivity index (χ0n) is 29.9. The molecule has 0 aliphatic heterocycles. The number of rotatable bonds is 10. The maximum atomic E-state index is 12.0. The van der Waals surface area contributed by atoms with E-state index in [1.165, 1.54) is 0 Å². The Morgan fingerprint density at radius 1 is 0.635 bits per heavy atom. The summed E-state index contributed by atoms with van der Waals surface area (Å²) in [7, 11) is 0. The van der Waals surface area contributed by atoms with E-state index in [9.17, 15) is 30.0 Å². The molecule has 2 aromatic rings. The number of amides is 2. The van der Waals surface area contributed by atoms with Gasteiger partial charge in [0.25, 0.3) is 0 Å². The fraction of sp³-hybridized carbons (Fsp3) is 0.632. The fourth-order valence-corrected chi connectivity index (χ4v) is 8.94. The number of phenolic OH excluding ortho intramolecular Hbond substituents is 4. The number of nitrogens with two attached hydrogens (primary N) is 2. The number of ether oxygens (including phenoxy) is 2. The number of halogens is 4. The molecule has 6 unspecified atom stereocenters. The highest BCUT2D eigenvalue weighted by atomic mass is 79.9. The molecule has 4 bridgehead atoms. The van der Waals surface area contributed by atoms with Gasteiger partial charge in [0.05, 0.1) is 7.47 Å². The van der Waals surface area contributed by atoms with Crippen molar-refractivity contribution in [2.45, 2.75) is 135 Å². The predicted octanol–water partition coefficient (Wildman–Crippen LogP) is 11.6. The Hall–Kier alpha value is -1.90. The quantitative estimate of drug-likeness (QED) is 0.127. The minimum absolute atomic E-state index is 0.0513. The van der Waals surface area contributed by atoms with E-state index in [-0.39, 0.29) is 54.1 Å². The molecular weight excluding hydrogens is 932 g/mol. The van der Waals surface area contributed by atoms with E-state index in [1.54, 1.807) is 24.3 Å². The Kier molecular flexibility index (Phi) is 18.7. The standard InChI is InChI=1S/C38H54Br4N2O8/c1-21-9-3-5-11-23(13-7-15-31(39)40)34-29(47)19-26(20-30(34)48)36(52-38(44)50)22(2)10-4-6-12-24(14-8-16-32(41)42)33-27(45)17-25(18-28(33)46)35(21)51-37(43)49/h17-24,31-32,35-36,45-48H,3-16H2,1-2H3,(H2,43,49)(H2,44,50). The van der Waals surface area contributed by atoms with Gasteiger partial charge in [-0.1, -0.05) is 116 Å². The second kappa shape index (κ2) is 21.9. The van der Waals surface area contributed by atoms with Crippen LogP contribution >= 0.6 is 63.7 Å². The van der Waals surface area contributed by atoms with E-state index in [2.05, 4.69) is 63.7 Å². The molecule has 14 heteroatoms. The molecule has 0 saturated heterocycles. The van der Waals surface area contributed by atoms with E-state index in [0.717, 1.165) is 51.4 Å². The van der Waals surface area contributed by atoms with E-state index in [0.29, 0.717) is 60.8 Å². The highest BCUT2D eigenvalue weighted by Gasteiger charge is 2.30. The van der Waals surface area contributed by atoms with Gasteiger partial charge in [0.15, 0.2) is 0 Å². The first-order valence-electron chi connectivity index (χ1n) is 18.2. The first kappa shape index (κ1) is 44.5. The van der Waals surface area contributed by atoms with E-state index in [4.69, 9.17) is 20.9 Å². The van der Waals surface area contributed by atoms with Crippen molar-refractivity contribution in [1.29, 1.82) is 0 Å². The van der Waals surface area contributed by atoms with Crippen molar-refractivity contribution in [3.8, 4) is 23.0 Å². The van der Waals surface area contributed by atoms with Gasteiger partial charge in [-0.2, -0.15) is 0 Å². The molecule has 292 valence electrons. The lowest BCUT2D eigenvalue weighted by molar-refractivity contribution is 0.0683. The smallest absolute Gasteiger partial charge is 0.405 e. The normalized spacial score (nSPS) is 23.6. The summed E-state index contributed by atoms with van der Waals surface area (Å²) in [6.45, 7) is 3.89. The molecule has 6 rings (SSSR count). The third-order valence-corrected chi connectivity index (χ3v) is 12.0. The van der Waals surface area contributed by atoms with E-state index < -0.39 is 24.4 Å². The van der Waals surface area contributed by atoms with Crippen molar-refractivity contribution >= 4 is 75.9 Å². The van der Waals surface area contributed by atoms with Crippen LogP contribution in [0.2, 0.25) is 0 Å². The minimum Gasteiger partial charge on any atom is -0.508 e. The Labute approximate surface area is 341 Å². The van der Waals surface area contributed by atoms with Crippen LogP contribution in [0.4, 0.5) is 9.59 Å². The topological polar surface area (TPSA) is 186 Å². The summed E-state index contributed by atoms with van der Waals surface area (Å²) < 4.78 is 11.5. The Balaban J connectivity index is 2.04. The number of carbonyl (C=O) groups is 2. The zero-order valence-corrected chi connectivity index (χ0v) is 36.3. The van der Waals surface area contributed by atoms with Gasteiger partial charge in [-0.3, -0.25) is 0 Å². The molecule has 0 fully saturated rings. The number of hydrogen-bond acceptors (Lipinski definition) is 8. The molecule has 10 nitrogen and oxygen atoms in total. The van der Waals surface area contributed by atoms with Gasteiger partial charge in [-0.25, -0.2) is 9.59 Å². The second-order valence-corrected chi connectivity index (χ2v) is 21.1. The van der Waals surface area contributed by atoms with Crippen molar-refractivity contribution in [2.75, 3.05) is 0 Å². The molecule has 0 aromatic heterocycles. The van der Waals surface area contributed by atoms with Gasteiger partial charge in [-0.15, -0.1) is 0 Å².